The van der Waals surface area contributed by atoms with Gasteiger partial charge in [-0.15, -0.1) is 0 Å². The maximum absolute atomic E-state index is 12.8. The SMILES string of the molecule is Cc1ccc(-c2cc(C(=O)Nc3ccccc3)nn2-c2ccccc2C)cc1. The molecule has 0 saturated heterocycles. The molecule has 0 aliphatic heterocycles. The van der Waals surface area contributed by atoms with Gasteiger partial charge in [0.05, 0.1) is 11.4 Å². The van der Waals surface area contributed by atoms with E-state index in [9.17, 15) is 4.79 Å². The van der Waals surface area contributed by atoms with Crippen LogP contribution in [0.4, 0.5) is 5.69 Å². The van der Waals surface area contributed by atoms with E-state index in [1.807, 2.05) is 72.3 Å². The first kappa shape index (κ1) is 17.7. The molecule has 0 unspecified atom stereocenters. The van der Waals surface area contributed by atoms with E-state index in [4.69, 9.17) is 0 Å². The molecule has 0 aliphatic rings. The average molecular weight is 367 g/mol. The van der Waals surface area contributed by atoms with Gasteiger partial charge in [0.25, 0.3) is 5.91 Å². The number of carbonyl (C=O) groups is 1. The molecule has 0 saturated carbocycles. The lowest BCUT2D eigenvalue weighted by atomic mass is 10.1. The summed E-state index contributed by atoms with van der Waals surface area (Å²) in [5, 5.41) is 7.55. The van der Waals surface area contributed by atoms with Crippen LogP contribution in [-0.4, -0.2) is 15.7 Å². The second-order valence-electron chi connectivity index (χ2n) is 6.80. The van der Waals surface area contributed by atoms with E-state index in [0.717, 1.165) is 28.2 Å². The number of benzene rings is 3. The fraction of sp³-hybridized carbons (Fsp3) is 0.0833. The Labute approximate surface area is 164 Å². The summed E-state index contributed by atoms with van der Waals surface area (Å²) in [6.45, 7) is 4.10. The Balaban J connectivity index is 1.79. The minimum absolute atomic E-state index is 0.230. The molecule has 0 fully saturated rings. The number of anilines is 1. The standard InChI is InChI=1S/C24H21N3O/c1-17-12-14-19(15-13-17)23-16-21(24(28)25-20-9-4-3-5-10-20)26-27(23)22-11-7-6-8-18(22)2/h3-16H,1-2H3,(H,25,28). The number of amides is 1. The molecule has 138 valence electrons. The third kappa shape index (κ3) is 3.58. The lowest BCUT2D eigenvalue weighted by molar-refractivity contribution is 0.102. The Kier molecular flexibility index (Phi) is 4.77. The van der Waals surface area contributed by atoms with E-state index in [0.29, 0.717) is 5.69 Å². The van der Waals surface area contributed by atoms with Crippen molar-refractivity contribution in [2.75, 3.05) is 5.32 Å². The maximum atomic E-state index is 12.8. The number of aromatic nitrogens is 2. The zero-order valence-corrected chi connectivity index (χ0v) is 15.9. The van der Waals surface area contributed by atoms with E-state index in [1.54, 1.807) is 0 Å². The number of aryl methyl sites for hydroxylation is 2. The van der Waals surface area contributed by atoms with Crippen molar-refractivity contribution in [3.8, 4) is 16.9 Å². The molecular formula is C24H21N3O. The third-order valence-corrected chi connectivity index (χ3v) is 4.66. The highest BCUT2D eigenvalue weighted by atomic mass is 16.1. The second-order valence-corrected chi connectivity index (χ2v) is 6.80. The van der Waals surface area contributed by atoms with Crippen molar-refractivity contribution < 1.29 is 4.79 Å². The maximum Gasteiger partial charge on any atom is 0.276 e. The Morgan fingerprint density at radius 2 is 1.54 bits per heavy atom. The summed E-state index contributed by atoms with van der Waals surface area (Å²) >= 11 is 0. The first-order chi connectivity index (χ1) is 13.6. The van der Waals surface area contributed by atoms with E-state index < -0.39 is 0 Å². The van der Waals surface area contributed by atoms with Crippen LogP contribution >= 0.6 is 0 Å². The van der Waals surface area contributed by atoms with Gasteiger partial charge in [-0.3, -0.25) is 4.79 Å². The molecule has 1 aromatic heterocycles. The average Bonchev–Trinajstić information content (AvgIpc) is 3.15. The van der Waals surface area contributed by atoms with Crippen molar-refractivity contribution in [2.24, 2.45) is 0 Å². The van der Waals surface area contributed by atoms with Gasteiger partial charge < -0.3 is 5.32 Å². The molecule has 4 nitrogen and oxygen atoms in total. The van der Waals surface area contributed by atoms with Crippen molar-refractivity contribution in [1.29, 1.82) is 0 Å². The molecule has 0 aliphatic carbocycles. The first-order valence-corrected chi connectivity index (χ1v) is 9.21. The van der Waals surface area contributed by atoms with Crippen LogP contribution in [-0.2, 0) is 0 Å². The molecule has 0 spiro atoms. The van der Waals surface area contributed by atoms with Crippen molar-refractivity contribution >= 4 is 11.6 Å². The van der Waals surface area contributed by atoms with E-state index in [1.165, 1.54) is 5.56 Å². The van der Waals surface area contributed by atoms with Crippen molar-refractivity contribution in [3.05, 3.63) is 102 Å². The minimum Gasteiger partial charge on any atom is -0.321 e. The van der Waals surface area contributed by atoms with Gasteiger partial charge in [0, 0.05) is 11.3 Å². The second kappa shape index (κ2) is 7.53. The molecule has 1 amide bonds. The molecule has 0 radical (unpaired) electrons. The van der Waals surface area contributed by atoms with Gasteiger partial charge in [-0.05, 0) is 43.7 Å². The predicted molar refractivity (Wildman–Crippen MR) is 113 cm³/mol. The highest BCUT2D eigenvalue weighted by Gasteiger charge is 2.17. The number of nitrogens with one attached hydrogen (secondary N) is 1. The van der Waals surface area contributed by atoms with Crippen molar-refractivity contribution in [1.82, 2.24) is 9.78 Å². The molecule has 1 N–H and O–H groups in total. The number of carbonyl (C=O) groups excluding carboxylic acids is 1. The monoisotopic (exact) mass is 367 g/mol. The van der Waals surface area contributed by atoms with Gasteiger partial charge >= 0.3 is 0 Å². The summed E-state index contributed by atoms with van der Waals surface area (Å²) in [5.41, 5.74) is 6.25. The largest absolute Gasteiger partial charge is 0.321 e. The quantitative estimate of drug-likeness (QED) is 0.524. The highest BCUT2D eigenvalue weighted by Crippen LogP contribution is 2.26. The Bertz CT molecular complexity index is 1110. The fourth-order valence-corrected chi connectivity index (χ4v) is 3.12. The lowest BCUT2D eigenvalue weighted by Gasteiger charge is -2.10. The van der Waals surface area contributed by atoms with Crippen LogP contribution in [0.5, 0.6) is 0 Å². The molecule has 28 heavy (non-hydrogen) atoms. The van der Waals surface area contributed by atoms with Gasteiger partial charge in [0.2, 0.25) is 0 Å². The zero-order valence-electron chi connectivity index (χ0n) is 15.9. The van der Waals surface area contributed by atoms with Gasteiger partial charge in [-0.1, -0.05) is 66.2 Å². The summed E-state index contributed by atoms with van der Waals surface area (Å²) in [6.07, 6.45) is 0. The van der Waals surface area contributed by atoms with Crippen LogP contribution in [0.1, 0.15) is 21.6 Å². The molecule has 0 bridgehead atoms. The number of rotatable bonds is 4. The van der Waals surface area contributed by atoms with Crippen LogP contribution in [0.25, 0.3) is 16.9 Å². The highest BCUT2D eigenvalue weighted by molar-refractivity contribution is 6.03. The zero-order chi connectivity index (χ0) is 19.5. The Hall–Kier alpha value is -3.66. The molecule has 4 rings (SSSR count). The molecule has 0 atom stereocenters. The van der Waals surface area contributed by atoms with Crippen LogP contribution < -0.4 is 5.32 Å². The summed E-state index contributed by atoms with van der Waals surface area (Å²) in [5.74, 6) is -0.230. The smallest absolute Gasteiger partial charge is 0.276 e. The fourth-order valence-electron chi connectivity index (χ4n) is 3.12. The minimum atomic E-state index is -0.230. The van der Waals surface area contributed by atoms with Crippen LogP contribution in [0.3, 0.4) is 0 Å². The van der Waals surface area contributed by atoms with Crippen LogP contribution in [0, 0.1) is 13.8 Å². The molecule has 3 aromatic carbocycles. The van der Waals surface area contributed by atoms with Gasteiger partial charge in [0.1, 0.15) is 0 Å². The molecule has 1 heterocycles. The Morgan fingerprint density at radius 3 is 2.25 bits per heavy atom. The molecule has 4 heteroatoms. The number of hydrogen-bond donors (Lipinski definition) is 1. The van der Waals surface area contributed by atoms with Crippen LogP contribution in [0.15, 0.2) is 84.9 Å². The van der Waals surface area contributed by atoms with E-state index >= 15 is 0 Å². The summed E-state index contributed by atoms with van der Waals surface area (Å²) in [6, 6.07) is 27.5. The summed E-state index contributed by atoms with van der Waals surface area (Å²) in [7, 11) is 0. The van der Waals surface area contributed by atoms with Crippen molar-refractivity contribution in [2.45, 2.75) is 13.8 Å². The summed E-state index contributed by atoms with van der Waals surface area (Å²) < 4.78 is 1.85. The van der Waals surface area contributed by atoms with E-state index in [2.05, 4.69) is 41.6 Å². The molecular weight excluding hydrogens is 346 g/mol. The van der Waals surface area contributed by atoms with Crippen molar-refractivity contribution in [3.63, 3.8) is 0 Å². The van der Waals surface area contributed by atoms with E-state index in [-0.39, 0.29) is 5.91 Å². The summed E-state index contributed by atoms with van der Waals surface area (Å²) in [4.78, 5) is 12.8. The first-order valence-electron chi connectivity index (χ1n) is 9.21. The Morgan fingerprint density at radius 1 is 0.857 bits per heavy atom. The number of para-hydroxylation sites is 2. The topological polar surface area (TPSA) is 46.9 Å². The van der Waals surface area contributed by atoms with Gasteiger partial charge in [-0.25, -0.2) is 4.68 Å². The number of hydrogen-bond acceptors (Lipinski definition) is 2. The van der Waals surface area contributed by atoms with Gasteiger partial charge in [-0.2, -0.15) is 5.10 Å². The predicted octanol–water partition coefficient (Wildman–Crippen LogP) is 5.41. The lowest BCUT2D eigenvalue weighted by Crippen LogP contribution is -2.13. The third-order valence-electron chi connectivity index (χ3n) is 4.66. The van der Waals surface area contributed by atoms with Crippen LogP contribution in [0.2, 0.25) is 0 Å². The normalized spacial score (nSPS) is 10.6. The number of nitrogens with zero attached hydrogens (tertiary/aromatic N) is 2. The van der Waals surface area contributed by atoms with Gasteiger partial charge in [0.15, 0.2) is 5.69 Å². The molecule has 4 aromatic rings.